The Hall–Kier alpha value is -6.70. The van der Waals surface area contributed by atoms with Gasteiger partial charge in [-0.1, -0.05) is 152 Å². The van der Waals surface area contributed by atoms with Crippen LogP contribution < -0.4 is 0 Å². The van der Waals surface area contributed by atoms with Crippen LogP contribution in [0.5, 0.6) is 0 Å². The minimum absolute atomic E-state index is 0.625. The predicted octanol–water partition coefficient (Wildman–Crippen LogP) is 10.9. The Morgan fingerprint density at radius 3 is 1.27 bits per heavy atom. The molecule has 0 fully saturated rings. The highest BCUT2D eigenvalue weighted by atomic mass is 15.0. The van der Waals surface area contributed by atoms with Crippen LogP contribution in [0.1, 0.15) is 5.56 Å². The molecule has 0 amide bonds. The second-order valence-electron chi connectivity index (χ2n) is 11.6. The first kappa shape index (κ1) is 28.8. The van der Waals surface area contributed by atoms with E-state index < -0.39 is 0 Å². The average molecular weight is 613 g/mol. The lowest BCUT2D eigenvalue weighted by Crippen LogP contribution is -2.00. The van der Waals surface area contributed by atoms with E-state index in [9.17, 15) is 5.26 Å². The Balaban J connectivity index is 1.23. The van der Waals surface area contributed by atoms with Crippen molar-refractivity contribution in [2.75, 3.05) is 0 Å². The van der Waals surface area contributed by atoms with Crippen molar-refractivity contribution >= 4 is 10.8 Å². The molecule has 4 nitrogen and oxygen atoms in total. The van der Waals surface area contributed by atoms with E-state index >= 15 is 0 Å². The largest absolute Gasteiger partial charge is 0.208 e. The second-order valence-corrected chi connectivity index (χ2v) is 11.6. The average Bonchev–Trinajstić information content (AvgIpc) is 3.18. The molecule has 7 aromatic carbocycles. The summed E-state index contributed by atoms with van der Waals surface area (Å²) in [4.78, 5) is 14.8. The van der Waals surface area contributed by atoms with Crippen LogP contribution >= 0.6 is 0 Å². The Morgan fingerprint density at radius 1 is 0.333 bits per heavy atom. The number of nitriles is 1. The zero-order chi connectivity index (χ0) is 32.3. The number of benzene rings is 7. The topological polar surface area (TPSA) is 62.5 Å². The van der Waals surface area contributed by atoms with Gasteiger partial charge in [0.2, 0.25) is 0 Å². The molecule has 8 rings (SSSR count). The minimum atomic E-state index is 0.625. The molecule has 48 heavy (non-hydrogen) atoms. The van der Waals surface area contributed by atoms with Crippen molar-refractivity contribution in [3.05, 3.63) is 175 Å². The van der Waals surface area contributed by atoms with Gasteiger partial charge in [0.25, 0.3) is 0 Å². The van der Waals surface area contributed by atoms with Gasteiger partial charge in [-0.05, 0) is 62.4 Å². The van der Waals surface area contributed by atoms with Gasteiger partial charge in [-0.15, -0.1) is 0 Å². The maximum absolute atomic E-state index is 9.71. The molecule has 224 valence electrons. The van der Waals surface area contributed by atoms with Gasteiger partial charge in [-0.3, -0.25) is 0 Å². The molecular formula is C44H28N4. The Labute approximate surface area is 279 Å². The molecule has 0 saturated carbocycles. The summed E-state index contributed by atoms with van der Waals surface area (Å²) in [6.45, 7) is 0. The summed E-state index contributed by atoms with van der Waals surface area (Å²) >= 11 is 0. The molecule has 0 aliphatic heterocycles. The molecule has 1 heterocycles. The molecule has 0 atom stereocenters. The van der Waals surface area contributed by atoms with E-state index in [1.807, 2.05) is 84.9 Å². The maximum atomic E-state index is 9.71. The number of rotatable bonds is 6. The first-order valence-corrected chi connectivity index (χ1v) is 15.8. The molecule has 0 bridgehead atoms. The molecule has 4 heteroatoms. The summed E-state index contributed by atoms with van der Waals surface area (Å²) in [5.74, 6) is 1.90. The smallest absolute Gasteiger partial charge is 0.164 e. The van der Waals surface area contributed by atoms with Crippen molar-refractivity contribution in [2.45, 2.75) is 0 Å². The van der Waals surface area contributed by atoms with Crippen LogP contribution in [0.4, 0.5) is 0 Å². The van der Waals surface area contributed by atoms with E-state index in [1.165, 1.54) is 0 Å². The van der Waals surface area contributed by atoms with Gasteiger partial charge in [0.15, 0.2) is 17.5 Å². The second kappa shape index (κ2) is 12.6. The number of aromatic nitrogens is 3. The van der Waals surface area contributed by atoms with Crippen molar-refractivity contribution in [3.63, 3.8) is 0 Å². The third-order valence-electron chi connectivity index (χ3n) is 8.59. The highest BCUT2D eigenvalue weighted by Crippen LogP contribution is 2.38. The first-order chi connectivity index (χ1) is 23.7. The van der Waals surface area contributed by atoms with E-state index in [1.54, 1.807) is 0 Å². The number of hydrogen-bond donors (Lipinski definition) is 0. The molecule has 0 aliphatic rings. The summed E-state index contributed by atoms with van der Waals surface area (Å²) in [6, 6.07) is 60.0. The zero-order valence-corrected chi connectivity index (χ0v) is 26.0. The van der Waals surface area contributed by atoms with Crippen LogP contribution in [-0.2, 0) is 0 Å². The molecule has 0 spiro atoms. The minimum Gasteiger partial charge on any atom is -0.208 e. The molecular weight excluding hydrogens is 585 g/mol. The zero-order valence-electron chi connectivity index (χ0n) is 26.0. The maximum Gasteiger partial charge on any atom is 0.164 e. The number of nitrogens with zero attached hydrogens (tertiary/aromatic N) is 4. The van der Waals surface area contributed by atoms with E-state index in [2.05, 4.69) is 91.0 Å². The summed E-state index contributed by atoms with van der Waals surface area (Å²) in [6.07, 6.45) is 0. The molecule has 0 aliphatic carbocycles. The van der Waals surface area contributed by atoms with E-state index in [4.69, 9.17) is 15.0 Å². The van der Waals surface area contributed by atoms with Crippen LogP contribution in [0.3, 0.4) is 0 Å². The first-order valence-electron chi connectivity index (χ1n) is 15.8. The van der Waals surface area contributed by atoms with Crippen LogP contribution in [0.2, 0.25) is 0 Å². The third kappa shape index (κ3) is 5.51. The van der Waals surface area contributed by atoms with Gasteiger partial charge >= 0.3 is 0 Å². The van der Waals surface area contributed by atoms with Crippen molar-refractivity contribution in [1.29, 1.82) is 5.26 Å². The summed E-state index contributed by atoms with van der Waals surface area (Å²) < 4.78 is 0. The number of hydrogen-bond acceptors (Lipinski definition) is 4. The van der Waals surface area contributed by atoms with Crippen LogP contribution in [0.25, 0.3) is 78.3 Å². The normalized spacial score (nSPS) is 10.9. The van der Waals surface area contributed by atoms with Crippen molar-refractivity contribution < 1.29 is 0 Å². The summed E-state index contributed by atoms with van der Waals surface area (Å²) in [7, 11) is 0. The molecule has 1 aromatic heterocycles. The molecule has 0 N–H and O–H groups in total. The van der Waals surface area contributed by atoms with Gasteiger partial charge in [0.1, 0.15) is 0 Å². The highest BCUT2D eigenvalue weighted by molar-refractivity contribution is 6.05. The fraction of sp³-hybridized carbons (Fsp3) is 0. The predicted molar refractivity (Wildman–Crippen MR) is 195 cm³/mol. The fourth-order valence-corrected chi connectivity index (χ4v) is 6.25. The van der Waals surface area contributed by atoms with Gasteiger partial charge in [-0.2, -0.15) is 5.26 Å². The Bertz CT molecular complexity index is 2400. The van der Waals surface area contributed by atoms with E-state index in [0.29, 0.717) is 23.0 Å². The highest BCUT2D eigenvalue weighted by Gasteiger charge is 2.15. The van der Waals surface area contributed by atoms with Crippen LogP contribution in [-0.4, -0.2) is 15.0 Å². The standard InChI is InChI=1S/C44H28N4/c45-29-36-17-7-8-22-37(36)32-18-11-19-33(27-32)38-25-26-39(41-24-10-9-23-40(38)41)34-20-12-21-35(28-34)44-47-42(30-13-3-1-4-14-30)46-43(48-44)31-15-5-2-6-16-31/h1-28H. The van der Waals surface area contributed by atoms with Crippen LogP contribution in [0, 0.1) is 11.3 Å². The fourth-order valence-electron chi connectivity index (χ4n) is 6.25. The van der Waals surface area contributed by atoms with Crippen molar-refractivity contribution in [1.82, 2.24) is 15.0 Å². The van der Waals surface area contributed by atoms with Gasteiger partial charge < -0.3 is 0 Å². The molecule has 0 radical (unpaired) electrons. The molecule has 8 aromatic rings. The van der Waals surface area contributed by atoms with Gasteiger partial charge in [0, 0.05) is 16.7 Å². The van der Waals surface area contributed by atoms with Gasteiger partial charge in [-0.25, -0.2) is 15.0 Å². The van der Waals surface area contributed by atoms with Crippen molar-refractivity contribution in [3.8, 4) is 73.6 Å². The lowest BCUT2D eigenvalue weighted by Gasteiger charge is -2.14. The Morgan fingerprint density at radius 2 is 0.729 bits per heavy atom. The monoisotopic (exact) mass is 612 g/mol. The quantitative estimate of drug-likeness (QED) is 0.187. The summed E-state index contributed by atoms with van der Waals surface area (Å²) in [5.41, 5.74) is 9.87. The van der Waals surface area contributed by atoms with Gasteiger partial charge in [0.05, 0.1) is 11.6 Å². The van der Waals surface area contributed by atoms with E-state index in [0.717, 1.165) is 60.8 Å². The number of fused-ring (bicyclic) bond motifs is 1. The SMILES string of the molecule is N#Cc1ccccc1-c1cccc(-c2ccc(-c3cccc(-c4nc(-c5ccccc5)nc(-c5ccccc5)n4)c3)c3ccccc23)c1. The van der Waals surface area contributed by atoms with Crippen molar-refractivity contribution in [2.24, 2.45) is 0 Å². The lowest BCUT2D eigenvalue weighted by atomic mass is 9.90. The molecule has 0 saturated heterocycles. The molecule has 0 unspecified atom stereocenters. The summed E-state index contributed by atoms with van der Waals surface area (Å²) in [5, 5.41) is 12.0. The van der Waals surface area contributed by atoms with Crippen LogP contribution in [0.15, 0.2) is 170 Å². The Kier molecular flexibility index (Phi) is 7.54. The lowest BCUT2D eigenvalue weighted by molar-refractivity contribution is 1.07. The van der Waals surface area contributed by atoms with E-state index in [-0.39, 0.29) is 0 Å². The third-order valence-corrected chi connectivity index (χ3v) is 8.59.